The molecule has 0 unspecified atom stereocenters. The highest BCUT2D eigenvalue weighted by molar-refractivity contribution is 7.15. The molecular formula is C27H23ClN2O4S. The molecule has 0 aliphatic rings. The Balaban J connectivity index is 1.38. The van der Waals surface area contributed by atoms with E-state index in [1.165, 1.54) is 11.3 Å². The Hall–Kier alpha value is -3.55. The number of methoxy groups -OCH3 is 1. The Morgan fingerprint density at radius 2 is 1.83 bits per heavy atom. The number of imidazole rings is 1. The lowest BCUT2D eigenvalue weighted by Crippen LogP contribution is -2.22. The van der Waals surface area contributed by atoms with Gasteiger partial charge in [0.1, 0.15) is 19.0 Å². The molecule has 35 heavy (non-hydrogen) atoms. The lowest BCUT2D eigenvalue weighted by Gasteiger charge is -2.14. The average Bonchev–Trinajstić information content (AvgIpc) is 3.35. The van der Waals surface area contributed by atoms with Gasteiger partial charge in [0.15, 0.2) is 16.5 Å². The number of nitrogens with zero attached hydrogens (tertiary/aromatic N) is 2. The van der Waals surface area contributed by atoms with Gasteiger partial charge in [-0.05, 0) is 66.9 Å². The first kappa shape index (κ1) is 23.2. The molecule has 0 spiro atoms. The predicted molar refractivity (Wildman–Crippen MR) is 141 cm³/mol. The number of halogens is 1. The van der Waals surface area contributed by atoms with Crippen molar-refractivity contribution in [3.63, 3.8) is 0 Å². The minimum Gasteiger partial charge on any atom is -0.493 e. The van der Waals surface area contributed by atoms with Crippen molar-refractivity contribution in [2.45, 2.75) is 13.8 Å². The largest absolute Gasteiger partial charge is 0.493 e. The zero-order valence-electron chi connectivity index (χ0n) is 19.5. The molecule has 0 atom stereocenters. The van der Waals surface area contributed by atoms with Crippen molar-refractivity contribution in [2.75, 3.05) is 20.3 Å². The van der Waals surface area contributed by atoms with E-state index >= 15 is 0 Å². The van der Waals surface area contributed by atoms with Gasteiger partial charge in [0.05, 0.1) is 27.7 Å². The maximum atomic E-state index is 13.0. The zero-order valence-corrected chi connectivity index (χ0v) is 21.1. The summed E-state index contributed by atoms with van der Waals surface area (Å²) < 4.78 is 19.5. The number of benzene rings is 3. The smallest absolute Gasteiger partial charge is 0.274 e. The molecule has 0 fully saturated rings. The summed E-state index contributed by atoms with van der Waals surface area (Å²) in [5.41, 5.74) is 4.42. The Kier molecular flexibility index (Phi) is 6.36. The van der Waals surface area contributed by atoms with E-state index in [9.17, 15) is 4.79 Å². The Bertz CT molecular complexity index is 1660. The van der Waals surface area contributed by atoms with Gasteiger partial charge in [-0.15, -0.1) is 0 Å². The Morgan fingerprint density at radius 3 is 2.66 bits per heavy atom. The van der Waals surface area contributed by atoms with Crippen LogP contribution in [0.25, 0.3) is 22.1 Å². The summed E-state index contributed by atoms with van der Waals surface area (Å²) in [7, 11) is 1.55. The highest BCUT2D eigenvalue weighted by atomic mass is 35.5. The third-order valence-electron chi connectivity index (χ3n) is 5.63. The summed E-state index contributed by atoms with van der Waals surface area (Å²) in [5.74, 6) is 1.75. The second-order valence-corrected chi connectivity index (χ2v) is 9.55. The first-order valence-electron chi connectivity index (χ1n) is 11.1. The molecular weight excluding hydrogens is 484 g/mol. The van der Waals surface area contributed by atoms with Crippen molar-refractivity contribution in [2.24, 2.45) is 0 Å². The number of fused-ring (bicyclic) bond motifs is 3. The van der Waals surface area contributed by atoms with Gasteiger partial charge in [-0.25, -0.2) is 9.38 Å². The SMILES string of the molecule is COc1cc(/C=c2\sc3nc4ccccc4n3c2=O)cc(Cl)c1OCCOc1cc(C)ccc1C. The number of aromatic nitrogens is 2. The fourth-order valence-corrected chi connectivity index (χ4v) is 5.15. The predicted octanol–water partition coefficient (Wildman–Crippen LogP) is 5.19. The lowest BCUT2D eigenvalue weighted by molar-refractivity contribution is 0.210. The van der Waals surface area contributed by atoms with Crippen molar-refractivity contribution < 1.29 is 14.2 Å². The van der Waals surface area contributed by atoms with E-state index < -0.39 is 0 Å². The van der Waals surface area contributed by atoms with Crippen LogP contribution < -0.4 is 24.3 Å². The van der Waals surface area contributed by atoms with Crippen LogP contribution in [-0.2, 0) is 0 Å². The summed E-state index contributed by atoms with van der Waals surface area (Å²) in [5, 5.41) is 0.390. The number of rotatable bonds is 7. The van der Waals surface area contributed by atoms with Crippen LogP contribution in [0.4, 0.5) is 0 Å². The molecule has 0 saturated carbocycles. The molecule has 0 aliphatic carbocycles. The van der Waals surface area contributed by atoms with E-state index in [0.717, 1.165) is 33.5 Å². The van der Waals surface area contributed by atoms with Crippen molar-refractivity contribution in [1.29, 1.82) is 0 Å². The average molecular weight is 507 g/mol. The van der Waals surface area contributed by atoms with E-state index in [1.807, 2.05) is 56.3 Å². The second-order valence-electron chi connectivity index (χ2n) is 8.13. The van der Waals surface area contributed by atoms with Crippen molar-refractivity contribution in [1.82, 2.24) is 9.38 Å². The first-order chi connectivity index (χ1) is 16.9. The summed E-state index contributed by atoms with van der Waals surface area (Å²) in [6.07, 6.45) is 1.79. The number of thiazole rings is 1. The third-order valence-corrected chi connectivity index (χ3v) is 6.88. The van der Waals surface area contributed by atoms with Crippen LogP contribution in [0.3, 0.4) is 0 Å². The van der Waals surface area contributed by atoms with E-state index in [2.05, 4.69) is 4.98 Å². The first-order valence-corrected chi connectivity index (χ1v) is 12.3. The summed E-state index contributed by atoms with van der Waals surface area (Å²) in [6, 6.07) is 17.2. The maximum absolute atomic E-state index is 13.0. The topological polar surface area (TPSA) is 62.1 Å². The van der Waals surface area contributed by atoms with E-state index in [-0.39, 0.29) is 5.56 Å². The summed E-state index contributed by atoms with van der Waals surface area (Å²) in [6.45, 7) is 4.69. The number of ether oxygens (including phenoxy) is 3. The molecule has 178 valence electrons. The highest BCUT2D eigenvalue weighted by Gasteiger charge is 2.14. The van der Waals surface area contributed by atoms with Crippen LogP contribution in [0.2, 0.25) is 5.02 Å². The minimum atomic E-state index is -0.113. The fourth-order valence-electron chi connectivity index (χ4n) is 3.88. The lowest BCUT2D eigenvalue weighted by atomic mass is 10.1. The molecule has 0 aliphatic heterocycles. The van der Waals surface area contributed by atoms with Gasteiger partial charge >= 0.3 is 0 Å². The van der Waals surface area contributed by atoms with Gasteiger partial charge in [0.2, 0.25) is 0 Å². The molecule has 8 heteroatoms. The molecule has 6 nitrogen and oxygen atoms in total. The van der Waals surface area contributed by atoms with Gasteiger partial charge in [0.25, 0.3) is 5.56 Å². The summed E-state index contributed by atoms with van der Waals surface area (Å²) in [4.78, 5) is 18.3. The molecule has 0 amide bonds. The Labute approximate surface area is 211 Å². The number of aryl methyl sites for hydroxylation is 2. The molecule has 3 aromatic carbocycles. The molecule has 0 bridgehead atoms. The van der Waals surface area contributed by atoms with Crippen molar-refractivity contribution in [3.8, 4) is 17.2 Å². The van der Waals surface area contributed by atoms with Crippen LogP contribution in [-0.4, -0.2) is 29.7 Å². The quantitative estimate of drug-likeness (QED) is 0.284. The van der Waals surface area contributed by atoms with Crippen LogP contribution in [0, 0.1) is 13.8 Å². The van der Waals surface area contributed by atoms with E-state index in [4.69, 9.17) is 25.8 Å². The van der Waals surface area contributed by atoms with Crippen molar-refractivity contribution in [3.05, 3.63) is 91.2 Å². The maximum Gasteiger partial charge on any atom is 0.274 e. The monoisotopic (exact) mass is 506 g/mol. The molecule has 2 heterocycles. The molecule has 0 N–H and O–H groups in total. The summed E-state index contributed by atoms with van der Waals surface area (Å²) >= 11 is 7.88. The minimum absolute atomic E-state index is 0.113. The van der Waals surface area contributed by atoms with Gasteiger partial charge in [-0.3, -0.25) is 4.79 Å². The number of hydrogen-bond donors (Lipinski definition) is 0. The number of hydrogen-bond acceptors (Lipinski definition) is 6. The number of para-hydroxylation sites is 2. The van der Waals surface area contributed by atoms with Gasteiger partial charge in [-0.2, -0.15) is 0 Å². The standard InChI is InChI=1S/C27H23ClN2O4S/c1-16-8-9-17(2)22(12-16)33-10-11-34-25-19(28)13-18(14-23(25)32-3)15-24-26(31)30-21-7-5-4-6-20(21)29-27(30)35-24/h4-9,12-15H,10-11H2,1-3H3/b24-15-. The van der Waals surface area contributed by atoms with Crippen LogP contribution in [0.15, 0.2) is 59.4 Å². The third kappa shape index (κ3) is 4.57. The normalized spacial score (nSPS) is 11.9. The molecule has 2 aromatic heterocycles. The van der Waals surface area contributed by atoms with Crippen LogP contribution in [0.5, 0.6) is 17.2 Å². The van der Waals surface area contributed by atoms with E-state index in [1.54, 1.807) is 29.7 Å². The van der Waals surface area contributed by atoms with Gasteiger partial charge < -0.3 is 14.2 Å². The fraction of sp³-hybridized carbons (Fsp3) is 0.185. The zero-order chi connectivity index (χ0) is 24.5. The Morgan fingerprint density at radius 1 is 1.03 bits per heavy atom. The highest BCUT2D eigenvalue weighted by Crippen LogP contribution is 2.36. The van der Waals surface area contributed by atoms with Crippen molar-refractivity contribution >= 4 is 45.0 Å². The van der Waals surface area contributed by atoms with E-state index in [0.29, 0.717) is 39.2 Å². The molecule has 5 aromatic rings. The van der Waals surface area contributed by atoms with Gasteiger partial charge in [-0.1, -0.05) is 47.2 Å². The molecule has 0 saturated heterocycles. The molecule has 5 rings (SSSR count). The second kappa shape index (κ2) is 9.60. The van der Waals surface area contributed by atoms with Crippen LogP contribution >= 0.6 is 22.9 Å². The van der Waals surface area contributed by atoms with Gasteiger partial charge in [0, 0.05) is 0 Å². The van der Waals surface area contributed by atoms with Crippen LogP contribution in [0.1, 0.15) is 16.7 Å². The molecule has 0 radical (unpaired) electrons.